The second-order valence-corrected chi connectivity index (χ2v) is 6.59. The van der Waals surface area contributed by atoms with Crippen LogP contribution in [-0.4, -0.2) is 37.2 Å². The highest BCUT2D eigenvalue weighted by atomic mass is 16.7. The highest BCUT2D eigenvalue weighted by Gasteiger charge is 2.19. The average Bonchev–Trinajstić information content (AvgIpc) is 3.18. The number of hydrogen-bond acceptors (Lipinski definition) is 6. The third kappa shape index (κ3) is 5.47. The minimum absolute atomic E-state index is 0.179. The van der Waals surface area contributed by atoms with Crippen molar-refractivity contribution < 1.29 is 28.6 Å². The van der Waals surface area contributed by atoms with Gasteiger partial charge in [-0.3, -0.25) is 14.4 Å². The zero-order chi connectivity index (χ0) is 20.8. The lowest BCUT2D eigenvalue weighted by Crippen LogP contribution is -2.38. The van der Waals surface area contributed by atoms with Gasteiger partial charge in [-0.2, -0.15) is 0 Å². The van der Waals surface area contributed by atoms with Crippen molar-refractivity contribution in [1.82, 2.24) is 10.6 Å². The number of carbonyl (C=O) groups is 3. The summed E-state index contributed by atoms with van der Waals surface area (Å²) in [7, 11) is 0. The Bertz CT molecular complexity index is 927. The van der Waals surface area contributed by atoms with Crippen LogP contribution in [0.1, 0.15) is 28.4 Å². The summed E-state index contributed by atoms with van der Waals surface area (Å²) in [5.41, 5.74) is 2.21. The van der Waals surface area contributed by atoms with E-state index in [0.29, 0.717) is 17.1 Å². The normalized spacial score (nSPS) is 12.8. The molecule has 2 amide bonds. The van der Waals surface area contributed by atoms with Gasteiger partial charge in [0, 0.05) is 12.1 Å². The Kier molecular flexibility index (Phi) is 6.33. The van der Waals surface area contributed by atoms with E-state index in [2.05, 4.69) is 10.6 Å². The lowest BCUT2D eigenvalue weighted by Gasteiger charge is -2.14. The fraction of sp³-hybridized carbons (Fsp3) is 0.286. The number of amides is 2. The highest BCUT2D eigenvalue weighted by molar-refractivity contribution is 5.96. The molecular weight excluding hydrogens is 376 g/mol. The van der Waals surface area contributed by atoms with E-state index in [0.717, 1.165) is 11.1 Å². The molecule has 8 heteroatoms. The van der Waals surface area contributed by atoms with Crippen LogP contribution in [-0.2, 0) is 20.9 Å². The van der Waals surface area contributed by atoms with Crippen LogP contribution < -0.4 is 20.1 Å². The molecule has 0 saturated carbocycles. The van der Waals surface area contributed by atoms with Crippen molar-refractivity contribution in [1.29, 1.82) is 0 Å². The van der Waals surface area contributed by atoms with Gasteiger partial charge >= 0.3 is 5.97 Å². The molecule has 1 unspecified atom stereocenters. The lowest BCUT2D eigenvalue weighted by molar-refractivity contribution is -0.153. The fourth-order valence-electron chi connectivity index (χ4n) is 2.72. The highest BCUT2D eigenvalue weighted by Crippen LogP contribution is 2.32. The summed E-state index contributed by atoms with van der Waals surface area (Å²) < 4.78 is 15.6. The van der Waals surface area contributed by atoms with Crippen molar-refractivity contribution in [3.63, 3.8) is 0 Å². The minimum atomic E-state index is -0.993. The number of esters is 1. The van der Waals surface area contributed by atoms with E-state index in [1.165, 1.54) is 6.92 Å². The van der Waals surface area contributed by atoms with E-state index in [1.54, 1.807) is 30.3 Å². The second kappa shape index (κ2) is 9.09. The lowest BCUT2D eigenvalue weighted by atomic mass is 10.1. The van der Waals surface area contributed by atoms with Crippen LogP contribution in [0.25, 0.3) is 0 Å². The van der Waals surface area contributed by atoms with Crippen molar-refractivity contribution >= 4 is 17.8 Å². The van der Waals surface area contributed by atoms with Crippen LogP contribution in [0.3, 0.4) is 0 Å². The van der Waals surface area contributed by atoms with Crippen LogP contribution in [0.2, 0.25) is 0 Å². The van der Waals surface area contributed by atoms with E-state index in [9.17, 15) is 14.4 Å². The predicted molar refractivity (Wildman–Crippen MR) is 103 cm³/mol. The summed E-state index contributed by atoms with van der Waals surface area (Å²) in [4.78, 5) is 36.1. The van der Waals surface area contributed by atoms with E-state index < -0.39 is 18.0 Å². The molecular formula is C21H22N2O6. The van der Waals surface area contributed by atoms with Crippen molar-refractivity contribution in [2.75, 3.05) is 13.3 Å². The van der Waals surface area contributed by atoms with Gasteiger partial charge in [0.15, 0.2) is 17.6 Å². The first-order valence-electron chi connectivity index (χ1n) is 9.13. The van der Waals surface area contributed by atoms with Crippen LogP contribution in [0.4, 0.5) is 0 Å². The Hall–Kier alpha value is -3.55. The van der Waals surface area contributed by atoms with Gasteiger partial charge in [0.1, 0.15) is 6.54 Å². The van der Waals surface area contributed by atoms with Gasteiger partial charge in [-0.1, -0.05) is 23.8 Å². The molecule has 152 valence electrons. The number of nitrogens with one attached hydrogen (secondary N) is 2. The smallest absolute Gasteiger partial charge is 0.326 e. The number of ether oxygens (including phenoxy) is 3. The molecule has 0 aliphatic carbocycles. The Balaban J connectivity index is 1.41. The summed E-state index contributed by atoms with van der Waals surface area (Å²) in [6.07, 6.45) is -0.993. The SMILES string of the molecule is Cc1cccc(C(=O)NCC(=O)OC(C)C(=O)NCc2ccc3c(c2)OCO3)c1. The molecule has 0 aromatic heterocycles. The van der Waals surface area contributed by atoms with Crippen LogP contribution in [0, 0.1) is 6.92 Å². The molecule has 0 radical (unpaired) electrons. The average molecular weight is 398 g/mol. The number of fused-ring (bicyclic) bond motifs is 1. The van der Waals surface area contributed by atoms with E-state index in [1.807, 2.05) is 19.1 Å². The first kappa shape index (κ1) is 20.2. The Morgan fingerprint density at radius 3 is 2.66 bits per heavy atom. The van der Waals surface area contributed by atoms with Gasteiger partial charge in [0.25, 0.3) is 11.8 Å². The van der Waals surface area contributed by atoms with Crippen LogP contribution in [0.5, 0.6) is 11.5 Å². The zero-order valence-electron chi connectivity index (χ0n) is 16.2. The molecule has 0 saturated heterocycles. The molecule has 1 heterocycles. The van der Waals surface area contributed by atoms with Gasteiger partial charge < -0.3 is 24.8 Å². The molecule has 1 atom stereocenters. The Morgan fingerprint density at radius 1 is 1.07 bits per heavy atom. The molecule has 1 aliphatic heterocycles. The third-order valence-electron chi connectivity index (χ3n) is 4.25. The van der Waals surface area contributed by atoms with E-state index in [4.69, 9.17) is 14.2 Å². The second-order valence-electron chi connectivity index (χ2n) is 6.59. The monoisotopic (exact) mass is 398 g/mol. The Labute approximate surface area is 168 Å². The largest absolute Gasteiger partial charge is 0.454 e. The number of hydrogen-bond donors (Lipinski definition) is 2. The van der Waals surface area contributed by atoms with Gasteiger partial charge in [0.05, 0.1) is 0 Å². The van der Waals surface area contributed by atoms with Gasteiger partial charge in [-0.25, -0.2) is 0 Å². The fourth-order valence-corrected chi connectivity index (χ4v) is 2.72. The maximum absolute atomic E-state index is 12.2. The molecule has 8 nitrogen and oxygen atoms in total. The maximum Gasteiger partial charge on any atom is 0.326 e. The summed E-state index contributed by atoms with van der Waals surface area (Å²) in [5.74, 6) is -0.237. The molecule has 0 bridgehead atoms. The summed E-state index contributed by atoms with van der Waals surface area (Å²) in [5, 5.41) is 5.17. The topological polar surface area (TPSA) is 103 Å². The predicted octanol–water partition coefficient (Wildman–Crippen LogP) is 1.70. The minimum Gasteiger partial charge on any atom is -0.454 e. The molecule has 29 heavy (non-hydrogen) atoms. The summed E-state index contributed by atoms with van der Waals surface area (Å²) >= 11 is 0. The number of aryl methyl sites for hydroxylation is 1. The number of carbonyl (C=O) groups excluding carboxylic acids is 3. The molecule has 1 aliphatic rings. The van der Waals surface area contributed by atoms with Crippen molar-refractivity contribution in [3.05, 3.63) is 59.2 Å². The zero-order valence-corrected chi connectivity index (χ0v) is 16.2. The Morgan fingerprint density at radius 2 is 1.86 bits per heavy atom. The quantitative estimate of drug-likeness (QED) is 0.688. The van der Waals surface area contributed by atoms with E-state index >= 15 is 0 Å². The van der Waals surface area contributed by atoms with E-state index in [-0.39, 0.29) is 25.8 Å². The van der Waals surface area contributed by atoms with Gasteiger partial charge in [0.2, 0.25) is 6.79 Å². The van der Waals surface area contributed by atoms with Crippen molar-refractivity contribution in [2.24, 2.45) is 0 Å². The standard InChI is InChI=1S/C21H22N2O6/c1-13-4-3-5-16(8-13)21(26)23-11-19(24)29-14(2)20(25)22-10-15-6-7-17-18(9-15)28-12-27-17/h3-9,14H,10-12H2,1-2H3,(H,22,25)(H,23,26). The number of rotatable bonds is 7. The molecule has 0 spiro atoms. The molecule has 0 fully saturated rings. The van der Waals surface area contributed by atoms with Crippen LogP contribution >= 0.6 is 0 Å². The third-order valence-corrected chi connectivity index (χ3v) is 4.25. The first-order chi connectivity index (χ1) is 13.9. The van der Waals surface area contributed by atoms with Crippen LogP contribution in [0.15, 0.2) is 42.5 Å². The number of benzene rings is 2. The molecule has 2 aromatic carbocycles. The van der Waals surface area contributed by atoms with Crippen molar-refractivity contribution in [3.8, 4) is 11.5 Å². The first-order valence-corrected chi connectivity index (χ1v) is 9.13. The summed E-state index contributed by atoms with van der Waals surface area (Å²) in [6, 6.07) is 12.4. The van der Waals surface area contributed by atoms with Gasteiger partial charge in [-0.15, -0.1) is 0 Å². The molecule has 3 rings (SSSR count). The molecule has 2 aromatic rings. The molecule has 2 N–H and O–H groups in total. The maximum atomic E-state index is 12.2. The van der Waals surface area contributed by atoms with Gasteiger partial charge in [-0.05, 0) is 43.7 Å². The summed E-state index contributed by atoms with van der Waals surface area (Å²) in [6.45, 7) is 3.44. The van der Waals surface area contributed by atoms with Crippen molar-refractivity contribution in [2.45, 2.75) is 26.5 Å².